The van der Waals surface area contributed by atoms with Gasteiger partial charge >= 0.3 is 5.97 Å². The summed E-state index contributed by atoms with van der Waals surface area (Å²) in [5, 5.41) is 5.13. The van der Waals surface area contributed by atoms with Crippen molar-refractivity contribution >= 4 is 35.2 Å². The molecular weight excluding hydrogens is 398 g/mol. The Morgan fingerprint density at radius 2 is 1.71 bits per heavy atom. The van der Waals surface area contributed by atoms with E-state index in [0.29, 0.717) is 24.5 Å². The lowest BCUT2D eigenvalue weighted by molar-refractivity contribution is -0.144. The fourth-order valence-electron chi connectivity index (χ4n) is 3.03. The van der Waals surface area contributed by atoms with Gasteiger partial charge in [0.1, 0.15) is 5.70 Å². The fourth-order valence-corrected chi connectivity index (χ4v) is 3.03. The molecule has 2 aromatic carbocycles. The molecule has 0 radical (unpaired) electrons. The van der Waals surface area contributed by atoms with Crippen molar-refractivity contribution in [1.29, 1.82) is 0 Å². The van der Waals surface area contributed by atoms with E-state index < -0.39 is 24.4 Å². The van der Waals surface area contributed by atoms with Gasteiger partial charge in [0.05, 0.1) is 13.2 Å². The number of hydrogen-bond donors (Lipinski definition) is 2. The van der Waals surface area contributed by atoms with Gasteiger partial charge in [0.25, 0.3) is 5.91 Å². The Morgan fingerprint density at radius 1 is 1.03 bits per heavy atom. The van der Waals surface area contributed by atoms with Gasteiger partial charge in [0.2, 0.25) is 5.91 Å². The van der Waals surface area contributed by atoms with E-state index in [0.717, 1.165) is 18.8 Å². The van der Waals surface area contributed by atoms with Crippen molar-refractivity contribution in [2.45, 2.75) is 6.92 Å². The highest BCUT2D eigenvalue weighted by atomic mass is 16.5. The van der Waals surface area contributed by atoms with Crippen LogP contribution in [-0.4, -0.2) is 50.7 Å². The van der Waals surface area contributed by atoms with Crippen LogP contribution in [0.2, 0.25) is 0 Å². The summed E-state index contributed by atoms with van der Waals surface area (Å²) in [4.78, 5) is 38.2. The topological polar surface area (TPSA) is 97.0 Å². The zero-order chi connectivity index (χ0) is 22.1. The minimum Gasteiger partial charge on any atom is -0.451 e. The van der Waals surface area contributed by atoms with Crippen molar-refractivity contribution in [2.24, 2.45) is 0 Å². The van der Waals surface area contributed by atoms with Gasteiger partial charge in [-0.3, -0.25) is 9.59 Å². The van der Waals surface area contributed by atoms with Crippen LogP contribution in [0.3, 0.4) is 0 Å². The minimum atomic E-state index is -0.795. The summed E-state index contributed by atoms with van der Waals surface area (Å²) in [7, 11) is 0. The molecule has 0 atom stereocenters. The highest BCUT2D eigenvalue weighted by Gasteiger charge is 2.15. The molecule has 162 valence electrons. The third-order valence-corrected chi connectivity index (χ3v) is 4.50. The smallest absolute Gasteiger partial charge is 0.355 e. The number of anilines is 2. The van der Waals surface area contributed by atoms with Crippen molar-refractivity contribution < 1.29 is 23.9 Å². The quantitative estimate of drug-likeness (QED) is 0.523. The fraction of sp³-hybridized carbons (Fsp3) is 0.261. The van der Waals surface area contributed by atoms with Crippen molar-refractivity contribution in [3.8, 4) is 0 Å². The molecule has 2 N–H and O–H groups in total. The molecule has 8 nitrogen and oxygen atoms in total. The lowest BCUT2D eigenvalue weighted by Crippen LogP contribution is -2.36. The maximum absolute atomic E-state index is 12.4. The molecule has 1 fully saturated rings. The van der Waals surface area contributed by atoms with Gasteiger partial charge in [-0.1, -0.05) is 30.3 Å². The summed E-state index contributed by atoms with van der Waals surface area (Å²) < 4.78 is 10.4. The number of benzene rings is 2. The first-order valence-corrected chi connectivity index (χ1v) is 9.95. The van der Waals surface area contributed by atoms with Gasteiger partial charge in [0.15, 0.2) is 6.61 Å². The molecule has 3 rings (SSSR count). The van der Waals surface area contributed by atoms with Gasteiger partial charge < -0.3 is 25.0 Å². The van der Waals surface area contributed by atoms with E-state index in [1.54, 1.807) is 36.4 Å². The molecule has 0 aromatic heterocycles. The van der Waals surface area contributed by atoms with Crippen LogP contribution in [0.1, 0.15) is 12.5 Å². The molecule has 1 aliphatic rings. The molecule has 1 heterocycles. The number of nitrogens with zero attached hydrogens (tertiary/aromatic N) is 1. The van der Waals surface area contributed by atoms with E-state index >= 15 is 0 Å². The average Bonchev–Trinajstić information content (AvgIpc) is 2.78. The maximum atomic E-state index is 12.4. The Labute approximate surface area is 180 Å². The molecular formula is C23H25N3O5. The predicted octanol–water partition coefficient (Wildman–Crippen LogP) is 2.18. The van der Waals surface area contributed by atoms with Gasteiger partial charge in [-0.25, -0.2) is 4.79 Å². The molecule has 31 heavy (non-hydrogen) atoms. The lowest BCUT2D eigenvalue weighted by Gasteiger charge is -2.28. The molecule has 0 unspecified atom stereocenters. The normalized spacial score (nSPS) is 14.0. The first-order valence-electron chi connectivity index (χ1n) is 9.95. The number of carbonyl (C=O) groups is 3. The van der Waals surface area contributed by atoms with Gasteiger partial charge in [0, 0.05) is 31.4 Å². The van der Waals surface area contributed by atoms with Crippen LogP contribution in [0.5, 0.6) is 0 Å². The van der Waals surface area contributed by atoms with E-state index in [4.69, 9.17) is 9.47 Å². The van der Waals surface area contributed by atoms with Crippen molar-refractivity contribution in [2.75, 3.05) is 43.1 Å². The van der Waals surface area contributed by atoms with E-state index in [2.05, 4.69) is 15.5 Å². The molecule has 1 saturated heterocycles. The minimum absolute atomic E-state index is 0.0404. The Bertz CT molecular complexity index is 935. The Hall–Kier alpha value is -3.65. The van der Waals surface area contributed by atoms with Crippen LogP contribution in [0, 0.1) is 0 Å². The van der Waals surface area contributed by atoms with Gasteiger partial charge in [-0.2, -0.15) is 0 Å². The van der Waals surface area contributed by atoms with Crippen LogP contribution >= 0.6 is 0 Å². The van der Waals surface area contributed by atoms with Crippen LogP contribution in [0.25, 0.3) is 6.08 Å². The molecule has 0 saturated carbocycles. The van der Waals surface area contributed by atoms with Crippen LogP contribution in [-0.2, 0) is 23.9 Å². The molecule has 0 aliphatic carbocycles. The highest BCUT2D eigenvalue weighted by molar-refractivity contribution is 5.99. The summed E-state index contributed by atoms with van der Waals surface area (Å²) in [6, 6.07) is 16.4. The third kappa shape index (κ3) is 6.97. The van der Waals surface area contributed by atoms with Crippen LogP contribution in [0.4, 0.5) is 11.4 Å². The number of esters is 1. The van der Waals surface area contributed by atoms with Crippen molar-refractivity contribution in [3.05, 3.63) is 65.9 Å². The molecule has 1 aliphatic heterocycles. The Balaban J connectivity index is 1.54. The van der Waals surface area contributed by atoms with E-state index in [-0.39, 0.29) is 5.70 Å². The standard InChI is InChI=1S/C23H25N3O5/c1-17(27)24-21(15-18-5-3-2-4-6-18)23(29)31-16-22(28)25-19-7-9-20(10-8-19)26-11-13-30-14-12-26/h2-10,15H,11-14,16H2,1H3,(H,24,27)(H,25,28)/b21-15-. The first-order chi connectivity index (χ1) is 15.0. The average molecular weight is 423 g/mol. The van der Waals surface area contributed by atoms with Crippen molar-refractivity contribution in [3.63, 3.8) is 0 Å². The molecule has 8 heteroatoms. The van der Waals surface area contributed by atoms with Crippen LogP contribution < -0.4 is 15.5 Å². The number of carbonyl (C=O) groups excluding carboxylic acids is 3. The van der Waals surface area contributed by atoms with E-state index in [1.807, 2.05) is 18.2 Å². The monoisotopic (exact) mass is 423 g/mol. The number of ether oxygens (including phenoxy) is 2. The van der Waals surface area contributed by atoms with Gasteiger partial charge in [-0.05, 0) is 35.9 Å². The first kappa shape index (κ1) is 22.0. The second-order valence-corrected chi connectivity index (χ2v) is 6.92. The zero-order valence-electron chi connectivity index (χ0n) is 17.3. The summed E-state index contributed by atoms with van der Waals surface area (Å²) in [6.07, 6.45) is 1.49. The second-order valence-electron chi connectivity index (χ2n) is 6.92. The summed E-state index contributed by atoms with van der Waals surface area (Å²) >= 11 is 0. The molecule has 2 aromatic rings. The van der Waals surface area contributed by atoms with E-state index in [9.17, 15) is 14.4 Å². The second kappa shape index (κ2) is 10.9. The van der Waals surface area contributed by atoms with Gasteiger partial charge in [-0.15, -0.1) is 0 Å². The SMILES string of the molecule is CC(=O)N/C(=C\c1ccccc1)C(=O)OCC(=O)Nc1ccc(N2CCOCC2)cc1. The van der Waals surface area contributed by atoms with E-state index in [1.165, 1.54) is 13.0 Å². The summed E-state index contributed by atoms with van der Waals surface area (Å²) in [5.74, 6) is -1.69. The molecule has 2 amide bonds. The Morgan fingerprint density at radius 3 is 2.35 bits per heavy atom. The Kier molecular flexibility index (Phi) is 7.78. The third-order valence-electron chi connectivity index (χ3n) is 4.50. The molecule has 0 spiro atoms. The largest absolute Gasteiger partial charge is 0.451 e. The van der Waals surface area contributed by atoms with Crippen molar-refractivity contribution in [1.82, 2.24) is 5.32 Å². The summed E-state index contributed by atoms with van der Waals surface area (Å²) in [6.45, 7) is 3.87. The lowest BCUT2D eigenvalue weighted by atomic mass is 10.2. The summed E-state index contributed by atoms with van der Waals surface area (Å²) in [5.41, 5.74) is 2.33. The highest BCUT2D eigenvalue weighted by Crippen LogP contribution is 2.19. The zero-order valence-corrected chi connectivity index (χ0v) is 17.3. The van der Waals surface area contributed by atoms with Crippen LogP contribution in [0.15, 0.2) is 60.3 Å². The number of hydrogen-bond acceptors (Lipinski definition) is 6. The number of nitrogens with one attached hydrogen (secondary N) is 2. The molecule has 0 bridgehead atoms. The predicted molar refractivity (Wildman–Crippen MR) is 117 cm³/mol. The maximum Gasteiger partial charge on any atom is 0.355 e. The number of amides is 2. The number of morpholine rings is 1. The number of rotatable bonds is 7.